The fourth-order valence-electron chi connectivity index (χ4n) is 2.32. The Morgan fingerprint density at radius 1 is 1.26 bits per heavy atom. The van der Waals surface area contributed by atoms with Crippen LogP contribution in [0.3, 0.4) is 0 Å². The van der Waals surface area contributed by atoms with Gasteiger partial charge in [-0.05, 0) is 12.1 Å². The molecule has 0 unspecified atom stereocenters. The van der Waals surface area contributed by atoms with Gasteiger partial charge >= 0.3 is 0 Å². The highest BCUT2D eigenvalue weighted by Gasteiger charge is 2.37. The maximum absolute atomic E-state index is 5.76. The Morgan fingerprint density at radius 2 is 2.11 bits per heavy atom. The maximum atomic E-state index is 5.76. The molecule has 0 aromatic carbocycles. The lowest BCUT2D eigenvalue weighted by atomic mass is 9.95. The zero-order valence-corrected chi connectivity index (χ0v) is 11.7. The Bertz CT molecular complexity index is 535. The topological polar surface area (TPSA) is 44.2 Å². The van der Waals surface area contributed by atoms with Gasteiger partial charge in [-0.25, -0.2) is 4.98 Å². The first kappa shape index (κ1) is 12.7. The van der Waals surface area contributed by atoms with Crippen molar-refractivity contribution in [3.63, 3.8) is 0 Å². The van der Waals surface area contributed by atoms with Crippen molar-refractivity contribution in [2.24, 2.45) is 0 Å². The molecule has 0 saturated carbocycles. The van der Waals surface area contributed by atoms with Crippen molar-refractivity contribution in [3.05, 3.63) is 34.8 Å². The number of methoxy groups -OCH3 is 1. The Morgan fingerprint density at radius 3 is 2.79 bits per heavy atom. The molecule has 1 saturated heterocycles. The lowest BCUT2D eigenvalue weighted by Gasteiger charge is -2.33. The van der Waals surface area contributed by atoms with Crippen LogP contribution in [-0.4, -0.2) is 30.3 Å². The summed E-state index contributed by atoms with van der Waals surface area (Å²) in [5.41, 5.74) is 1.54. The van der Waals surface area contributed by atoms with Crippen LogP contribution >= 0.6 is 11.3 Å². The smallest absolute Gasteiger partial charge is 0.126 e. The molecule has 5 heteroatoms. The Kier molecular flexibility index (Phi) is 3.59. The van der Waals surface area contributed by atoms with Gasteiger partial charge in [-0.1, -0.05) is 6.07 Å². The largest absolute Gasteiger partial charge is 0.381 e. The van der Waals surface area contributed by atoms with Crippen LogP contribution in [0.15, 0.2) is 29.8 Å². The second kappa shape index (κ2) is 5.36. The van der Waals surface area contributed by atoms with E-state index in [1.165, 1.54) is 0 Å². The molecule has 0 radical (unpaired) electrons. The van der Waals surface area contributed by atoms with Crippen molar-refractivity contribution in [1.82, 2.24) is 9.97 Å². The standard InChI is InChI=1S/C14H16N2O2S/c1-17-14(5-8-18-9-6-14)13-16-12(10-19-13)11-4-2-3-7-15-11/h2-4,7,10H,5-6,8-9H2,1H3. The van der Waals surface area contributed by atoms with Crippen molar-refractivity contribution in [3.8, 4) is 11.4 Å². The molecule has 0 spiro atoms. The van der Waals surface area contributed by atoms with Crippen LogP contribution in [-0.2, 0) is 15.1 Å². The minimum absolute atomic E-state index is 0.282. The second-order valence-electron chi connectivity index (χ2n) is 4.56. The van der Waals surface area contributed by atoms with Gasteiger partial charge in [0.2, 0.25) is 0 Å². The number of pyridine rings is 1. The summed E-state index contributed by atoms with van der Waals surface area (Å²) in [6.07, 6.45) is 3.51. The quantitative estimate of drug-likeness (QED) is 0.864. The predicted molar refractivity (Wildman–Crippen MR) is 74.1 cm³/mol. The van der Waals surface area contributed by atoms with E-state index in [0.29, 0.717) is 0 Å². The maximum Gasteiger partial charge on any atom is 0.126 e. The normalized spacial score (nSPS) is 18.4. The van der Waals surface area contributed by atoms with E-state index < -0.39 is 0 Å². The molecule has 0 N–H and O–H groups in total. The number of hydrogen-bond donors (Lipinski definition) is 0. The van der Waals surface area contributed by atoms with Gasteiger partial charge in [-0.3, -0.25) is 4.98 Å². The summed E-state index contributed by atoms with van der Waals surface area (Å²) in [4.78, 5) is 9.06. The summed E-state index contributed by atoms with van der Waals surface area (Å²) in [7, 11) is 1.76. The van der Waals surface area contributed by atoms with Gasteiger partial charge in [0, 0.05) is 44.7 Å². The first-order valence-corrected chi connectivity index (χ1v) is 7.22. The molecule has 0 atom stereocenters. The van der Waals surface area contributed by atoms with Crippen molar-refractivity contribution in [2.75, 3.05) is 20.3 Å². The molecule has 3 heterocycles. The van der Waals surface area contributed by atoms with E-state index in [0.717, 1.165) is 42.5 Å². The summed E-state index contributed by atoms with van der Waals surface area (Å²) in [5.74, 6) is 0. The summed E-state index contributed by atoms with van der Waals surface area (Å²) in [5, 5.41) is 3.08. The number of thiazole rings is 1. The summed E-state index contributed by atoms with van der Waals surface area (Å²) >= 11 is 1.64. The summed E-state index contributed by atoms with van der Waals surface area (Å²) in [6.45, 7) is 1.46. The van der Waals surface area contributed by atoms with Gasteiger partial charge in [0.15, 0.2) is 0 Å². The van der Waals surface area contributed by atoms with Crippen LogP contribution < -0.4 is 0 Å². The number of rotatable bonds is 3. The minimum atomic E-state index is -0.282. The Labute approximate surface area is 116 Å². The summed E-state index contributed by atoms with van der Waals surface area (Å²) < 4.78 is 11.2. The average Bonchev–Trinajstić information content (AvgIpc) is 2.99. The monoisotopic (exact) mass is 276 g/mol. The molecule has 2 aromatic rings. The number of nitrogens with zero attached hydrogens (tertiary/aromatic N) is 2. The minimum Gasteiger partial charge on any atom is -0.381 e. The lowest BCUT2D eigenvalue weighted by molar-refractivity contribution is -0.0947. The number of ether oxygens (including phenoxy) is 2. The van der Waals surface area contributed by atoms with Gasteiger partial charge in [0.25, 0.3) is 0 Å². The third kappa shape index (κ3) is 2.41. The van der Waals surface area contributed by atoms with E-state index in [1.807, 2.05) is 23.6 Å². The van der Waals surface area contributed by atoms with Gasteiger partial charge in [-0.15, -0.1) is 11.3 Å². The number of hydrogen-bond acceptors (Lipinski definition) is 5. The van der Waals surface area contributed by atoms with E-state index in [-0.39, 0.29) is 5.60 Å². The molecule has 19 heavy (non-hydrogen) atoms. The third-order valence-corrected chi connectivity index (χ3v) is 4.54. The highest BCUT2D eigenvalue weighted by atomic mass is 32.1. The Hall–Kier alpha value is -1.30. The van der Waals surface area contributed by atoms with E-state index >= 15 is 0 Å². The molecule has 1 aliphatic rings. The first-order chi connectivity index (χ1) is 9.34. The Balaban J connectivity index is 1.92. The fourth-order valence-corrected chi connectivity index (χ4v) is 3.37. The highest BCUT2D eigenvalue weighted by Crippen LogP contribution is 2.38. The third-order valence-electron chi connectivity index (χ3n) is 3.51. The van der Waals surface area contributed by atoms with Gasteiger partial charge in [0.1, 0.15) is 10.6 Å². The molecule has 3 rings (SSSR count). The van der Waals surface area contributed by atoms with Crippen molar-refractivity contribution in [1.29, 1.82) is 0 Å². The molecule has 100 valence electrons. The van der Waals surface area contributed by atoms with Crippen molar-refractivity contribution >= 4 is 11.3 Å². The van der Waals surface area contributed by atoms with E-state index in [2.05, 4.69) is 4.98 Å². The molecular weight excluding hydrogens is 260 g/mol. The predicted octanol–water partition coefficient (Wildman–Crippen LogP) is 2.86. The van der Waals surface area contributed by atoms with Crippen LogP contribution in [0.4, 0.5) is 0 Å². The molecule has 4 nitrogen and oxygen atoms in total. The molecule has 0 bridgehead atoms. The second-order valence-corrected chi connectivity index (χ2v) is 5.42. The van der Waals surface area contributed by atoms with Gasteiger partial charge < -0.3 is 9.47 Å². The van der Waals surface area contributed by atoms with E-state index in [9.17, 15) is 0 Å². The van der Waals surface area contributed by atoms with E-state index in [4.69, 9.17) is 14.5 Å². The zero-order valence-electron chi connectivity index (χ0n) is 10.8. The molecule has 0 aliphatic carbocycles. The van der Waals surface area contributed by atoms with Crippen LogP contribution in [0.5, 0.6) is 0 Å². The molecule has 1 fully saturated rings. The molecule has 2 aromatic heterocycles. The van der Waals surface area contributed by atoms with E-state index in [1.54, 1.807) is 24.6 Å². The molecular formula is C14H16N2O2S. The van der Waals surface area contributed by atoms with Crippen LogP contribution in [0, 0.1) is 0 Å². The molecule has 1 aliphatic heterocycles. The highest BCUT2D eigenvalue weighted by molar-refractivity contribution is 7.10. The SMILES string of the molecule is COC1(c2nc(-c3ccccn3)cs2)CCOCC1. The van der Waals surface area contributed by atoms with Crippen LogP contribution in [0.25, 0.3) is 11.4 Å². The lowest BCUT2D eigenvalue weighted by Crippen LogP contribution is -2.35. The van der Waals surface area contributed by atoms with Crippen molar-refractivity contribution < 1.29 is 9.47 Å². The fraction of sp³-hybridized carbons (Fsp3) is 0.429. The summed E-state index contributed by atoms with van der Waals surface area (Å²) in [6, 6.07) is 5.86. The van der Waals surface area contributed by atoms with Crippen LogP contribution in [0.1, 0.15) is 17.8 Å². The van der Waals surface area contributed by atoms with Gasteiger partial charge in [-0.2, -0.15) is 0 Å². The number of aromatic nitrogens is 2. The first-order valence-electron chi connectivity index (χ1n) is 6.34. The zero-order chi connectivity index (χ0) is 13.1. The van der Waals surface area contributed by atoms with Crippen molar-refractivity contribution in [2.45, 2.75) is 18.4 Å². The van der Waals surface area contributed by atoms with Gasteiger partial charge in [0.05, 0.1) is 11.4 Å². The van der Waals surface area contributed by atoms with Crippen LogP contribution in [0.2, 0.25) is 0 Å². The molecule has 0 amide bonds. The average molecular weight is 276 g/mol.